The van der Waals surface area contributed by atoms with E-state index >= 15 is 0 Å². The fourth-order valence-electron chi connectivity index (χ4n) is 4.15. The average Bonchev–Trinajstić information content (AvgIpc) is 3.26. The van der Waals surface area contributed by atoms with E-state index in [0.29, 0.717) is 5.91 Å². The van der Waals surface area contributed by atoms with Crippen molar-refractivity contribution in [3.8, 4) is 0 Å². The molecule has 1 saturated heterocycles. The van der Waals surface area contributed by atoms with Crippen molar-refractivity contribution in [3.05, 3.63) is 53.9 Å². The number of nitrogens with zero attached hydrogens (tertiary/aromatic N) is 3. The molecule has 1 aromatic heterocycles. The van der Waals surface area contributed by atoms with Gasteiger partial charge in [0.2, 0.25) is 5.91 Å². The number of rotatable bonds is 3. The van der Waals surface area contributed by atoms with E-state index in [2.05, 4.69) is 34.3 Å². The van der Waals surface area contributed by atoms with Crippen LogP contribution in [0.4, 0.5) is 0 Å². The number of aromatic nitrogens is 2. The van der Waals surface area contributed by atoms with Gasteiger partial charge < -0.3 is 4.90 Å². The number of benzene rings is 1. The van der Waals surface area contributed by atoms with Gasteiger partial charge in [0.1, 0.15) is 0 Å². The number of carbonyl (C=O) groups excluding carboxylic acids is 1. The first-order chi connectivity index (χ1) is 11.3. The van der Waals surface area contributed by atoms with Crippen molar-refractivity contribution in [2.75, 3.05) is 6.54 Å². The van der Waals surface area contributed by atoms with E-state index in [9.17, 15) is 4.79 Å². The minimum absolute atomic E-state index is 0.0539. The Balaban J connectivity index is 1.54. The van der Waals surface area contributed by atoms with Gasteiger partial charge in [-0.1, -0.05) is 24.3 Å². The van der Waals surface area contributed by atoms with Gasteiger partial charge in [0.25, 0.3) is 0 Å². The minimum atomic E-state index is 0.0539. The van der Waals surface area contributed by atoms with Crippen molar-refractivity contribution < 1.29 is 4.79 Å². The van der Waals surface area contributed by atoms with Crippen molar-refractivity contribution in [2.24, 2.45) is 0 Å². The normalized spacial score (nSPS) is 23.7. The predicted molar refractivity (Wildman–Crippen MR) is 89.1 cm³/mol. The molecule has 1 aliphatic carbocycles. The maximum atomic E-state index is 13.2. The molecule has 2 aromatic rings. The topological polar surface area (TPSA) is 38.1 Å². The zero-order valence-electron chi connectivity index (χ0n) is 13.4. The zero-order valence-corrected chi connectivity index (χ0v) is 13.4. The molecule has 0 bridgehead atoms. The van der Waals surface area contributed by atoms with E-state index in [1.54, 1.807) is 6.20 Å². The summed E-state index contributed by atoms with van der Waals surface area (Å²) in [6, 6.07) is 10.7. The highest BCUT2D eigenvalue weighted by molar-refractivity contribution is 5.85. The second kappa shape index (κ2) is 6.19. The zero-order chi connectivity index (χ0) is 15.6. The van der Waals surface area contributed by atoms with Crippen molar-refractivity contribution in [2.45, 2.75) is 50.6 Å². The van der Waals surface area contributed by atoms with Crippen LogP contribution in [-0.2, 0) is 17.8 Å². The molecule has 1 amide bonds. The smallest absolute Gasteiger partial charge is 0.230 e. The van der Waals surface area contributed by atoms with E-state index in [-0.39, 0.29) is 12.0 Å². The molecule has 2 atom stereocenters. The largest absolute Gasteiger partial charge is 0.337 e. The van der Waals surface area contributed by atoms with Crippen LogP contribution in [0.15, 0.2) is 42.7 Å². The average molecular weight is 309 g/mol. The fourth-order valence-corrected chi connectivity index (χ4v) is 4.15. The van der Waals surface area contributed by atoms with Gasteiger partial charge in [-0.2, -0.15) is 5.10 Å². The molecular formula is C19H23N3O. The third-order valence-corrected chi connectivity index (χ3v) is 5.28. The predicted octanol–water partition coefficient (Wildman–Crippen LogP) is 2.99. The van der Waals surface area contributed by atoms with Crippen LogP contribution < -0.4 is 0 Å². The summed E-state index contributed by atoms with van der Waals surface area (Å²) in [5.74, 6) is 0.380. The van der Waals surface area contributed by atoms with E-state index in [4.69, 9.17) is 0 Å². The van der Waals surface area contributed by atoms with E-state index in [1.807, 2.05) is 16.9 Å². The van der Waals surface area contributed by atoms with Gasteiger partial charge in [-0.05, 0) is 49.3 Å². The second-order valence-corrected chi connectivity index (χ2v) is 6.70. The SMILES string of the molecule is O=C([C@H]1CCCc2ccccc21)N1CCC[C@@H]1Cn1cccn1. The molecule has 1 aromatic carbocycles. The lowest BCUT2D eigenvalue weighted by molar-refractivity contribution is -0.134. The van der Waals surface area contributed by atoms with Crippen molar-refractivity contribution in [3.63, 3.8) is 0 Å². The van der Waals surface area contributed by atoms with E-state index < -0.39 is 0 Å². The van der Waals surface area contributed by atoms with Gasteiger partial charge >= 0.3 is 0 Å². The van der Waals surface area contributed by atoms with Crippen LogP contribution in [0.1, 0.15) is 42.7 Å². The van der Waals surface area contributed by atoms with Gasteiger partial charge in [0.15, 0.2) is 0 Å². The fraction of sp³-hybridized carbons (Fsp3) is 0.474. The molecule has 120 valence electrons. The molecule has 0 unspecified atom stereocenters. The molecular weight excluding hydrogens is 286 g/mol. The molecule has 2 heterocycles. The first-order valence-electron chi connectivity index (χ1n) is 8.68. The molecule has 0 radical (unpaired) electrons. The van der Waals surface area contributed by atoms with Crippen molar-refractivity contribution >= 4 is 5.91 Å². The summed E-state index contributed by atoms with van der Waals surface area (Å²) < 4.78 is 1.95. The van der Waals surface area contributed by atoms with Crippen LogP contribution in [0, 0.1) is 0 Å². The number of hydrogen-bond acceptors (Lipinski definition) is 2. The lowest BCUT2D eigenvalue weighted by atomic mass is 9.82. The maximum Gasteiger partial charge on any atom is 0.230 e. The minimum Gasteiger partial charge on any atom is -0.337 e. The molecule has 2 aliphatic rings. The Morgan fingerprint density at radius 3 is 2.96 bits per heavy atom. The standard InChI is InChI=1S/C19H23N3O/c23-19(18-10-3-7-15-6-1-2-9-17(15)18)22-13-4-8-16(22)14-21-12-5-11-20-21/h1-2,5-6,9,11-12,16,18H,3-4,7-8,10,13-14H2/t16-,18+/m1/s1. The Morgan fingerprint density at radius 2 is 2.09 bits per heavy atom. The quantitative estimate of drug-likeness (QED) is 0.874. The Kier molecular flexibility index (Phi) is 3.90. The highest BCUT2D eigenvalue weighted by atomic mass is 16.2. The summed E-state index contributed by atoms with van der Waals surface area (Å²) in [5, 5.41) is 4.30. The Morgan fingerprint density at radius 1 is 1.17 bits per heavy atom. The van der Waals surface area contributed by atoms with E-state index in [1.165, 1.54) is 11.1 Å². The summed E-state index contributed by atoms with van der Waals surface area (Å²) in [6.07, 6.45) is 9.18. The summed E-state index contributed by atoms with van der Waals surface area (Å²) in [7, 11) is 0. The van der Waals surface area contributed by atoms with Gasteiger partial charge in [0.05, 0.1) is 18.5 Å². The maximum absolute atomic E-state index is 13.2. The molecule has 1 aliphatic heterocycles. The summed E-state index contributed by atoms with van der Waals surface area (Å²) in [4.78, 5) is 15.3. The molecule has 0 saturated carbocycles. The van der Waals surface area contributed by atoms with Gasteiger partial charge in [-0.15, -0.1) is 0 Å². The molecule has 23 heavy (non-hydrogen) atoms. The number of amides is 1. The molecule has 0 N–H and O–H groups in total. The van der Waals surface area contributed by atoms with Gasteiger partial charge in [-0.25, -0.2) is 0 Å². The third kappa shape index (κ3) is 2.78. The number of hydrogen-bond donors (Lipinski definition) is 0. The van der Waals surface area contributed by atoms with Crippen LogP contribution >= 0.6 is 0 Å². The van der Waals surface area contributed by atoms with Crippen molar-refractivity contribution in [1.82, 2.24) is 14.7 Å². The highest BCUT2D eigenvalue weighted by Crippen LogP contribution is 2.34. The molecule has 4 heteroatoms. The highest BCUT2D eigenvalue weighted by Gasteiger charge is 2.35. The lowest BCUT2D eigenvalue weighted by Crippen LogP contribution is -2.41. The lowest BCUT2D eigenvalue weighted by Gasteiger charge is -2.32. The summed E-state index contributed by atoms with van der Waals surface area (Å²) in [6.45, 7) is 1.70. The molecule has 0 spiro atoms. The van der Waals surface area contributed by atoms with Crippen LogP contribution in [0.5, 0.6) is 0 Å². The number of likely N-dealkylation sites (tertiary alicyclic amines) is 1. The van der Waals surface area contributed by atoms with E-state index in [0.717, 1.165) is 45.2 Å². The Labute approximate surface area is 137 Å². The summed E-state index contributed by atoms with van der Waals surface area (Å²) in [5.41, 5.74) is 2.62. The molecule has 1 fully saturated rings. The third-order valence-electron chi connectivity index (χ3n) is 5.28. The van der Waals surface area contributed by atoms with Crippen LogP contribution in [0.25, 0.3) is 0 Å². The molecule has 4 rings (SSSR count). The second-order valence-electron chi connectivity index (χ2n) is 6.70. The van der Waals surface area contributed by atoms with Crippen LogP contribution in [0.2, 0.25) is 0 Å². The Bertz CT molecular complexity index is 680. The van der Waals surface area contributed by atoms with Gasteiger partial charge in [0, 0.05) is 18.9 Å². The first kappa shape index (κ1) is 14.5. The number of carbonyl (C=O) groups is 1. The number of fused-ring (bicyclic) bond motifs is 1. The first-order valence-corrected chi connectivity index (χ1v) is 8.68. The van der Waals surface area contributed by atoms with Crippen LogP contribution in [0.3, 0.4) is 0 Å². The van der Waals surface area contributed by atoms with Crippen molar-refractivity contribution in [1.29, 1.82) is 0 Å². The van der Waals surface area contributed by atoms with Crippen LogP contribution in [-0.4, -0.2) is 33.2 Å². The van der Waals surface area contributed by atoms with Gasteiger partial charge in [-0.3, -0.25) is 9.48 Å². The number of aryl methyl sites for hydroxylation is 1. The summed E-state index contributed by atoms with van der Waals surface area (Å²) >= 11 is 0. The molecule has 4 nitrogen and oxygen atoms in total. The Hall–Kier alpha value is -2.10. The monoisotopic (exact) mass is 309 g/mol.